The van der Waals surface area contributed by atoms with E-state index in [0.29, 0.717) is 12.0 Å². The summed E-state index contributed by atoms with van der Waals surface area (Å²) in [6.07, 6.45) is -0.997. The second-order valence-electron chi connectivity index (χ2n) is 17.7. The van der Waals surface area contributed by atoms with Gasteiger partial charge in [0, 0.05) is 30.9 Å². The molecule has 69 heavy (non-hydrogen) atoms. The number of carbonyl (C=O) groups excluding carboxylic acids is 11. The number of phenolic OH excluding ortho intramolecular Hbond substituents is 1. The number of phenols is 1. The van der Waals surface area contributed by atoms with Crippen molar-refractivity contribution in [1.29, 1.82) is 0 Å². The molecule has 16 N–H and O–H groups in total. The fraction of sp³-hybridized carbons (Fsp3) is 0.605. The third-order valence-electron chi connectivity index (χ3n) is 10.8. The van der Waals surface area contributed by atoms with Crippen molar-refractivity contribution in [3.63, 3.8) is 0 Å². The lowest BCUT2D eigenvalue weighted by Crippen LogP contribution is -2.61. The standard InChI is InChI=1S/C43H66N12O12S2/c1-21(2)14-27(37(61)48-18-35(47)59)53-42(66)32-6-5-13-55(32)43(67)31-20-69-68-19-25(44)36(60)50-29(16-23-7-9-24(56)10-8-23)40(64)51-28(15-22(3)4)39(63)49-26(11-12-33(45)57)38(62)52-30(17-34(46)58)41(65)54-31/h7-10,21-22,25-32,56H,5-6,11-20,44H2,1-4H3,(H2,45,57)(H2,46,58)(H2,47,59)(H,48,61)(H,49,63)(H,50,60)(H,51,64)(H,52,62)(H,53,66)(H,54,65)/t25-,26?,27-,28-,29?,30-,31?,32-/m0/s1. The average molecular weight is 1010 g/mol. The van der Waals surface area contributed by atoms with Crippen LogP contribution >= 0.6 is 21.6 Å². The summed E-state index contributed by atoms with van der Waals surface area (Å²) in [6, 6.07) is -5.03. The number of carbonyl (C=O) groups is 11. The molecule has 2 heterocycles. The topological polar surface area (TPSA) is 400 Å². The van der Waals surface area contributed by atoms with Gasteiger partial charge in [0.15, 0.2) is 0 Å². The number of aromatic hydroxyl groups is 1. The molecule has 0 aromatic heterocycles. The highest BCUT2D eigenvalue weighted by atomic mass is 33.1. The molecule has 2 saturated heterocycles. The van der Waals surface area contributed by atoms with Crippen LogP contribution in [0, 0.1) is 11.8 Å². The SMILES string of the molecule is CC(C)C[C@@H]1NC(=O)C(Cc2ccc(O)cc2)NC(=O)[C@@H](N)CSSCC(C(=O)N2CCC[C@H]2C(=O)N[C@@H](CC(C)C)C(=O)NCC(N)=O)NC(=O)[C@H](CC(N)=O)NC(=O)C(CCC(N)=O)NC1=O. The van der Waals surface area contributed by atoms with Gasteiger partial charge in [-0.05, 0) is 61.6 Å². The fourth-order valence-corrected chi connectivity index (χ4v) is 9.65. The number of nitrogens with one attached hydrogen (secondary N) is 7. The molecule has 2 aliphatic heterocycles. The Morgan fingerprint density at radius 2 is 1.32 bits per heavy atom. The molecule has 2 fully saturated rings. The quantitative estimate of drug-likeness (QED) is 0.0671. The Bertz CT molecular complexity index is 2040. The smallest absolute Gasteiger partial charge is 0.246 e. The lowest BCUT2D eigenvalue weighted by molar-refractivity contribution is -0.142. The van der Waals surface area contributed by atoms with Gasteiger partial charge in [-0.15, -0.1) is 0 Å². The second kappa shape index (κ2) is 27.7. The van der Waals surface area contributed by atoms with E-state index < -0.39 is 139 Å². The summed E-state index contributed by atoms with van der Waals surface area (Å²) < 4.78 is 0. The van der Waals surface area contributed by atoms with Crippen molar-refractivity contribution in [2.45, 2.75) is 127 Å². The monoisotopic (exact) mass is 1010 g/mol. The Balaban J connectivity index is 2.05. The molecule has 24 nitrogen and oxygen atoms in total. The Kier molecular flexibility index (Phi) is 23.0. The van der Waals surface area contributed by atoms with Gasteiger partial charge in [0.2, 0.25) is 65.0 Å². The molecule has 0 aliphatic carbocycles. The summed E-state index contributed by atoms with van der Waals surface area (Å²) in [5.74, 6) is -10.0. The number of hydrogen-bond donors (Lipinski definition) is 12. The number of amides is 11. The molecule has 3 unspecified atom stereocenters. The second-order valence-corrected chi connectivity index (χ2v) is 20.3. The molecule has 1 aromatic carbocycles. The van der Waals surface area contributed by atoms with Crippen molar-refractivity contribution in [3.05, 3.63) is 29.8 Å². The molecule has 0 bridgehead atoms. The Hall–Kier alpha value is -6.15. The minimum atomic E-state index is -1.75. The minimum Gasteiger partial charge on any atom is -0.508 e. The van der Waals surface area contributed by atoms with Crippen molar-refractivity contribution < 1.29 is 57.8 Å². The van der Waals surface area contributed by atoms with Crippen molar-refractivity contribution in [2.75, 3.05) is 24.6 Å². The summed E-state index contributed by atoms with van der Waals surface area (Å²) >= 11 is 0. The maximum atomic E-state index is 14.5. The number of nitrogens with two attached hydrogens (primary N) is 4. The maximum absolute atomic E-state index is 14.5. The summed E-state index contributed by atoms with van der Waals surface area (Å²) in [7, 11) is 2.05. The van der Waals surface area contributed by atoms with Crippen LogP contribution < -0.4 is 60.2 Å². The number of primary amides is 3. The minimum absolute atomic E-state index is 0.0292. The van der Waals surface area contributed by atoms with Gasteiger partial charge in [-0.3, -0.25) is 52.7 Å². The van der Waals surface area contributed by atoms with E-state index in [1.165, 1.54) is 29.2 Å². The molecule has 0 radical (unpaired) electrons. The van der Waals surface area contributed by atoms with E-state index in [1.54, 1.807) is 13.8 Å². The van der Waals surface area contributed by atoms with Gasteiger partial charge in [0.05, 0.1) is 19.0 Å². The Morgan fingerprint density at radius 3 is 1.93 bits per heavy atom. The van der Waals surface area contributed by atoms with E-state index >= 15 is 0 Å². The van der Waals surface area contributed by atoms with Crippen molar-refractivity contribution in [2.24, 2.45) is 34.8 Å². The lowest BCUT2D eigenvalue weighted by Gasteiger charge is -2.31. The third-order valence-corrected chi connectivity index (χ3v) is 13.3. The number of likely N-dealkylation sites (tertiary alicyclic amines) is 1. The van der Waals surface area contributed by atoms with Gasteiger partial charge in [-0.1, -0.05) is 61.4 Å². The van der Waals surface area contributed by atoms with Crippen LogP contribution in [0.3, 0.4) is 0 Å². The normalized spacial score (nSPS) is 23.9. The highest BCUT2D eigenvalue weighted by Gasteiger charge is 2.41. The Morgan fingerprint density at radius 1 is 0.739 bits per heavy atom. The number of nitrogens with zero attached hydrogens (tertiary/aromatic N) is 1. The molecular weight excluding hydrogens is 941 g/mol. The predicted octanol–water partition coefficient (Wildman–Crippen LogP) is -3.61. The molecule has 26 heteroatoms. The molecular formula is C43H66N12O12S2. The van der Waals surface area contributed by atoms with Crippen LogP contribution in [0.1, 0.15) is 78.2 Å². The van der Waals surface area contributed by atoms with Crippen LogP contribution in [-0.2, 0) is 59.2 Å². The largest absolute Gasteiger partial charge is 0.508 e. The van der Waals surface area contributed by atoms with Gasteiger partial charge >= 0.3 is 0 Å². The molecule has 11 amide bonds. The van der Waals surface area contributed by atoms with Crippen LogP contribution in [0.25, 0.3) is 0 Å². The fourth-order valence-electron chi connectivity index (χ4n) is 7.37. The number of rotatable bonds is 17. The van der Waals surface area contributed by atoms with Gasteiger partial charge in [-0.25, -0.2) is 0 Å². The first-order valence-corrected chi connectivity index (χ1v) is 25.0. The van der Waals surface area contributed by atoms with Gasteiger partial charge < -0.3 is 70.2 Å². The molecule has 382 valence electrons. The molecule has 0 saturated carbocycles. The van der Waals surface area contributed by atoms with E-state index in [-0.39, 0.29) is 61.3 Å². The highest BCUT2D eigenvalue weighted by Crippen LogP contribution is 2.26. The van der Waals surface area contributed by atoms with Gasteiger partial charge in [0.1, 0.15) is 48.0 Å². The third kappa shape index (κ3) is 19.4. The van der Waals surface area contributed by atoms with Gasteiger partial charge in [-0.2, -0.15) is 0 Å². The molecule has 0 spiro atoms. The van der Waals surface area contributed by atoms with Crippen molar-refractivity contribution in [3.8, 4) is 5.75 Å². The zero-order valence-electron chi connectivity index (χ0n) is 39.1. The van der Waals surface area contributed by atoms with Crippen molar-refractivity contribution >= 4 is 86.6 Å². The van der Waals surface area contributed by atoms with Crippen LogP contribution in [-0.4, -0.2) is 148 Å². The Labute approximate surface area is 407 Å². The van der Waals surface area contributed by atoms with E-state index in [4.69, 9.17) is 22.9 Å². The molecule has 8 atom stereocenters. The summed E-state index contributed by atoms with van der Waals surface area (Å²) in [4.78, 5) is 148. The lowest BCUT2D eigenvalue weighted by atomic mass is 10.00. The van der Waals surface area contributed by atoms with Crippen LogP contribution in [0.5, 0.6) is 5.75 Å². The number of hydrogen-bond acceptors (Lipinski definition) is 15. The van der Waals surface area contributed by atoms with Crippen molar-refractivity contribution in [1.82, 2.24) is 42.1 Å². The first-order valence-electron chi connectivity index (χ1n) is 22.5. The number of benzene rings is 1. The van der Waals surface area contributed by atoms with Gasteiger partial charge in [0.25, 0.3) is 0 Å². The highest BCUT2D eigenvalue weighted by molar-refractivity contribution is 8.76. The zero-order chi connectivity index (χ0) is 51.5. The van der Waals surface area contributed by atoms with E-state index in [2.05, 4.69) is 37.2 Å². The van der Waals surface area contributed by atoms with Crippen LogP contribution in [0.2, 0.25) is 0 Å². The first-order chi connectivity index (χ1) is 32.4. The summed E-state index contributed by atoms with van der Waals surface area (Å²) in [5.41, 5.74) is 22.9. The predicted molar refractivity (Wildman–Crippen MR) is 254 cm³/mol. The summed E-state index contributed by atoms with van der Waals surface area (Å²) in [5, 5.41) is 27.7. The van der Waals surface area contributed by atoms with E-state index in [1.807, 2.05) is 13.8 Å². The summed E-state index contributed by atoms with van der Waals surface area (Å²) in [6.45, 7) is 6.74. The molecule has 2 aliphatic rings. The van der Waals surface area contributed by atoms with Crippen LogP contribution in [0.4, 0.5) is 0 Å². The molecule has 3 rings (SSSR count). The zero-order valence-corrected chi connectivity index (χ0v) is 40.7. The van der Waals surface area contributed by atoms with E-state index in [9.17, 15) is 57.8 Å². The molecule has 1 aromatic rings. The average Bonchev–Trinajstić information content (AvgIpc) is 3.77. The maximum Gasteiger partial charge on any atom is 0.246 e. The van der Waals surface area contributed by atoms with Crippen LogP contribution in [0.15, 0.2) is 24.3 Å². The van der Waals surface area contributed by atoms with E-state index in [0.717, 1.165) is 21.6 Å². The first kappa shape index (κ1) is 57.2.